The predicted molar refractivity (Wildman–Crippen MR) is 70.0 cm³/mol. The summed E-state index contributed by atoms with van der Waals surface area (Å²) in [7, 11) is 0. The fraction of sp³-hybridized carbons (Fsp3) is 0.500. The van der Waals surface area contributed by atoms with E-state index >= 15 is 0 Å². The highest BCUT2D eigenvalue weighted by molar-refractivity contribution is 5.84. The van der Waals surface area contributed by atoms with E-state index in [0.29, 0.717) is 5.69 Å². The van der Waals surface area contributed by atoms with E-state index in [1.54, 1.807) is 19.1 Å². The van der Waals surface area contributed by atoms with Crippen LogP contribution >= 0.6 is 0 Å². The lowest BCUT2D eigenvalue weighted by Gasteiger charge is -2.22. The van der Waals surface area contributed by atoms with Gasteiger partial charge < -0.3 is 10.2 Å². The van der Waals surface area contributed by atoms with Crippen molar-refractivity contribution < 1.29 is 9.18 Å². The van der Waals surface area contributed by atoms with Crippen LogP contribution in [-0.4, -0.2) is 29.9 Å². The number of nitrogens with one attached hydrogen (secondary N) is 1. The molecule has 1 saturated heterocycles. The Morgan fingerprint density at radius 1 is 1.39 bits per heavy atom. The molecule has 1 aromatic carbocycles. The number of halogens is 1. The number of aryl methyl sites for hydroxylation is 1. The van der Waals surface area contributed by atoms with Gasteiger partial charge in [-0.1, -0.05) is 6.07 Å². The molecule has 1 aliphatic heterocycles. The SMILES string of the molecule is Cc1ccc(F)c(NC(C)C(=O)N2CCCC2)c1. The lowest BCUT2D eigenvalue weighted by molar-refractivity contribution is -0.130. The maximum Gasteiger partial charge on any atom is 0.244 e. The Kier molecular flexibility index (Phi) is 3.84. The molecule has 1 fully saturated rings. The summed E-state index contributed by atoms with van der Waals surface area (Å²) in [6.07, 6.45) is 2.13. The molecule has 0 radical (unpaired) electrons. The molecule has 1 heterocycles. The standard InChI is InChI=1S/C14H19FN2O/c1-10-5-6-12(15)13(9-10)16-11(2)14(18)17-7-3-4-8-17/h5-6,9,11,16H,3-4,7-8H2,1-2H3. The van der Waals surface area contributed by atoms with E-state index in [1.165, 1.54) is 6.07 Å². The monoisotopic (exact) mass is 250 g/mol. The number of likely N-dealkylation sites (tertiary alicyclic amines) is 1. The maximum atomic E-state index is 13.6. The van der Waals surface area contributed by atoms with Gasteiger partial charge in [0.15, 0.2) is 0 Å². The minimum Gasteiger partial charge on any atom is -0.372 e. The third-order valence-corrected chi connectivity index (χ3v) is 3.28. The number of amides is 1. The van der Waals surface area contributed by atoms with Crippen LogP contribution in [0.2, 0.25) is 0 Å². The zero-order valence-corrected chi connectivity index (χ0v) is 10.9. The molecule has 2 rings (SSSR count). The van der Waals surface area contributed by atoms with Gasteiger partial charge in [0, 0.05) is 13.1 Å². The number of anilines is 1. The minimum absolute atomic E-state index is 0.0495. The molecule has 0 bridgehead atoms. The minimum atomic E-state index is -0.389. The first kappa shape index (κ1) is 12.9. The van der Waals surface area contributed by atoms with Crippen molar-refractivity contribution in [3.8, 4) is 0 Å². The Morgan fingerprint density at radius 3 is 2.72 bits per heavy atom. The van der Waals surface area contributed by atoms with Crippen molar-refractivity contribution in [3.05, 3.63) is 29.6 Å². The van der Waals surface area contributed by atoms with Crippen molar-refractivity contribution in [1.82, 2.24) is 4.90 Å². The number of benzene rings is 1. The molecule has 98 valence electrons. The highest BCUT2D eigenvalue weighted by Crippen LogP contribution is 2.18. The zero-order chi connectivity index (χ0) is 13.1. The second-order valence-corrected chi connectivity index (χ2v) is 4.88. The van der Waals surface area contributed by atoms with Gasteiger partial charge in [0.1, 0.15) is 11.9 Å². The van der Waals surface area contributed by atoms with E-state index in [-0.39, 0.29) is 17.8 Å². The van der Waals surface area contributed by atoms with Gasteiger partial charge in [0.2, 0.25) is 5.91 Å². The van der Waals surface area contributed by atoms with Crippen molar-refractivity contribution in [2.75, 3.05) is 18.4 Å². The molecule has 4 heteroatoms. The first-order valence-corrected chi connectivity index (χ1v) is 6.39. The van der Waals surface area contributed by atoms with Gasteiger partial charge in [-0.15, -0.1) is 0 Å². The van der Waals surface area contributed by atoms with Crippen LogP contribution in [0, 0.1) is 12.7 Å². The van der Waals surface area contributed by atoms with E-state index in [4.69, 9.17) is 0 Å². The third-order valence-electron chi connectivity index (χ3n) is 3.28. The Morgan fingerprint density at radius 2 is 2.06 bits per heavy atom. The normalized spacial score (nSPS) is 16.7. The van der Waals surface area contributed by atoms with Crippen LogP contribution in [0.25, 0.3) is 0 Å². The lowest BCUT2D eigenvalue weighted by atomic mass is 10.2. The number of hydrogen-bond acceptors (Lipinski definition) is 2. The summed E-state index contributed by atoms with van der Waals surface area (Å²) in [6.45, 7) is 5.32. The van der Waals surface area contributed by atoms with Crippen LogP contribution in [0.4, 0.5) is 10.1 Å². The van der Waals surface area contributed by atoms with Gasteiger partial charge >= 0.3 is 0 Å². The van der Waals surface area contributed by atoms with Gasteiger partial charge in [0.25, 0.3) is 0 Å². The van der Waals surface area contributed by atoms with Gasteiger partial charge in [-0.05, 0) is 44.4 Å². The van der Waals surface area contributed by atoms with Crippen molar-refractivity contribution in [1.29, 1.82) is 0 Å². The van der Waals surface area contributed by atoms with E-state index < -0.39 is 0 Å². The fourth-order valence-corrected chi connectivity index (χ4v) is 2.26. The number of rotatable bonds is 3. The van der Waals surface area contributed by atoms with E-state index in [2.05, 4.69) is 5.32 Å². The Bertz CT molecular complexity index is 441. The second-order valence-electron chi connectivity index (χ2n) is 4.88. The lowest BCUT2D eigenvalue weighted by Crippen LogP contribution is -2.39. The molecule has 1 N–H and O–H groups in total. The van der Waals surface area contributed by atoms with Gasteiger partial charge in [-0.2, -0.15) is 0 Å². The molecule has 1 atom stereocenters. The summed E-state index contributed by atoms with van der Waals surface area (Å²) in [4.78, 5) is 13.9. The molecule has 1 aliphatic rings. The molecule has 0 saturated carbocycles. The van der Waals surface area contributed by atoms with Crippen LogP contribution in [0.5, 0.6) is 0 Å². The Hall–Kier alpha value is -1.58. The summed E-state index contributed by atoms with van der Waals surface area (Å²) in [5.74, 6) is -0.268. The van der Waals surface area contributed by atoms with Crippen LogP contribution < -0.4 is 5.32 Å². The van der Waals surface area contributed by atoms with Gasteiger partial charge in [-0.25, -0.2) is 4.39 Å². The van der Waals surface area contributed by atoms with Crippen molar-refractivity contribution in [3.63, 3.8) is 0 Å². The molecule has 3 nitrogen and oxygen atoms in total. The molecule has 0 spiro atoms. The average Bonchev–Trinajstić information content (AvgIpc) is 2.86. The molecule has 1 amide bonds. The highest BCUT2D eigenvalue weighted by atomic mass is 19.1. The number of carbonyl (C=O) groups is 1. The maximum absolute atomic E-state index is 13.6. The molecule has 18 heavy (non-hydrogen) atoms. The largest absolute Gasteiger partial charge is 0.372 e. The van der Waals surface area contributed by atoms with Gasteiger partial charge in [-0.3, -0.25) is 4.79 Å². The number of hydrogen-bond donors (Lipinski definition) is 1. The van der Waals surface area contributed by atoms with E-state index in [1.807, 2.05) is 11.8 Å². The molecular formula is C14H19FN2O. The predicted octanol–water partition coefficient (Wildman–Crippen LogP) is 2.56. The number of nitrogens with zero attached hydrogens (tertiary/aromatic N) is 1. The first-order chi connectivity index (χ1) is 8.58. The van der Waals surface area contributed by atoms with E-state index in [9.17, 15) is 9.18 Å². The molecule has 1 aromatic rings. The smallest absolute Gasteiger partial charge is 0.244 e. The summed E-state index contributed by atoms with van der Waals surface area (Å²) < 4.78 is 13.6. The van der Waals surface area contributed by atoms with Crippen LogP contribution in [-0.2, 0) is 4.79 Å². The van der Waals surface area contributed by atoms with Crippen LogP contribution in [0.1, 0.15) is 25.3 Å². The summed E-state index contributed by atoms with van der Waals surface area (Å²) >= 11 is 0. The van der Waals surface area contributed by atoms with Crippen molar-refractivity contribution in [2.24, 2.45) is 0 Å². The van der Waals surface area contributed by atoms with Crippen molar-refractivity contribution in [2.45, 2.75) is 32.7 Å². The summed E-state index contributed by atoms with van der Waals surface area (Å²) in [5, 5.41) is 2.96. The van der Waals surface area contributed by atoms with Gasteiger partial charge in [0.05, 0.1) is 5.69 Å². The fourth-order valence-electron chi connectivity index (χ4n) is 2.26. The van der Waals surface area contributed by atoms with Crippen LogP contribution in [0.15, 0.2) is 18.2 Å². The van der Waals surface area contributed by atoms with Crippen molar-refractivity contribution >= 4 is 11.6 Å². The topological polar surface area (TPSA) is 32.3 Å². The number of carbonyl (C=O) groups excluding carboxylic acids is 1. The molecular weight excluding hydrogens is 231 g/mol. The quantitative estimate of drug-likeness (QED) is 0.894. The molecule has 0 aliphatic carbocycles. The molecule has 0 aromatic heterocycles. The van der Waals surface area contributed by atoms with E-state index in [0.717, 1.165) is 31.5 Å². The summed E-state index contributed by atoms with van der Waals surface area (Å²) in [5.41, 5.74) is 1.37. The van der Waals surface area contributed by atoms with Crippen LogP contribution in [0.3, 0.4) is 0 Å². The third kappa shape index (κ3) is 2.81. The highest BCUT2D eigenvalue weighted by Gasteiger charge is 2.23. The zero-order valence-electron chi connectivity index (χ0n) is 10.9. The Labute approximate surface area is 107 Å². The Balaban J connectivity index is 2.03. The average molecular weight is 250 g/mol. The first-order valence-electron chi connectivity index (χ1n) is 6.39. The molecule has 1 unspecified atom stereocenters. The second kappa shape index (κ2) is 5.38. The summed E-state index contributed by atoms with van der Waals surface area (Å²) in [6, 6.07) is 4.47.